The zero-order chi connectivity index (χ0) is 25.2. The van der Waals surface area contributed by atoms with E-state index in [1.165, 1.54) is 12.1 Å². The van der Waals surface area contributed by atoms with E-state index >= 15 is 0 Å². The Kier molecular flexibility index (Phi) is 6.18. The van der Waals surface area contributed by atoms with Gasteiger partial charge in [0.25, 0.3) is 5.92 Å². The highest BCUT2D eigenvalue weighted by Gasteiger charge is 2.61. The number of halogens is 5. The topological polar surface area (TPSA) is 32.8 Å². The average molecular weight is 501 g/mol. The van der Waals surface area contributed by atoms with Gasteiger partial charge < -0.3 is 9.64 Å². The van der Waals surface area contributed by atoms with E-state index in [1.54, 1.807) is 0 Å². The number of hydrogen-bond donors (Lipinski definition) is 0. The summed E-state index contributed by atoms with van der Waals surface area (Å²) >= 11 is 0. The van der Waals surface area contributed by atoms with Crippen LogP contribution in [0.4, 0.5) is 22.0 Å². The van der Waals surface area contributed by atoms with Crippen molar-refractivity contribution in [2.75, 3.05) is 13.2 Å². The van der Waals surface area contributed by atoms with Gasteiger partial charge in [-0.15, -0.1) is 0 Å². The first-order valence-corrected chi connectivity index (χ1v) is 12.6. The standard InChI is InChI=1S/C26H33F5N2O2/c1-16(2)22-15-35-25-10-9-21(11-19(25)7-8-23(34)33(22)25)32(14-20-12-24(20,27)28)13-17-3-5-18(6-4-17)26(29,30)31/h3-6,16,19-22H,7-15H2,1-2H3/t19-,20+,21+,22-,25-/m1/s1. The predicted molar refractivity (Wildman–Crippen MR) is 119 cm³/mol. The maximum atomic E-state index is 13.8. The molecule has 0 bridgehead atoms. The molecule has 0 radical (unpaired) electrons. The van der Waals surface area contributed by atoms with E-state index in [2.05, 4.69) is 13.8 Å². The van der Waals surface area contributed by atoms with Gasteiger partial charge in [-0.3, -0.25) is 9.69 Å². The fourth-order valence-corrected chi connectivity index (χ4v) is 6.48. The van der Waals surface area contributed by atoms with E-state index in [1.807, 2.05) is 9.80 Å². The number of amides is 1. The Morgan fingerprint density at radius 1 is 1.17 bits per heavy atom. The predicted octanol–water partition coefficient (Wildman–Crippen LogP) is 5.70. The highest BCUT2D eigenvalue weighted by atomic mass is 19.4. The third kappa shape index (κ3) is 4.59. The Hall–Kier alpha value is -1.74. The first-order valence-electron chi connectivity index (χ1n) is 12.6. The molecule has 2 heterocycles. The van der Waals surface area contributed by atoms with Gasteiger partial charge in [0.05, 0.1) is 18.2 Å². The summed E-state index contributed by atoms with van der Waals surface area (Å²) in [4.78, 5) is 16.9. The first kappa shape index (κ1) is 24.9. The molecule has 9 heteroatoms. The normalized spacial score (nSPS) is 34.3. The smallest absolute Gasteiger partial charge is 0.353 e. The molecule has 1 spiro atoms. The number of ether oxygens (including phenoxy) is 1. The van der Waals surface area contributed by atoms with E-state index < -0.39 is 29.3 Å². The van der Waals surface area contributed by atoms with E-state index in [-0.39, 0.29) is 42.8 Å². The largest absolute Gasteiger partial charge is 0.416 e. The van der Waals surface area contributed by atoms with Gasteiger partial charge >= 0.3 is 6.18 Å². The Morgan fingerprint density at radius 3 is 2.46 bits per heavy atom. The van der Waals surface area contributed by atoms with Gasteiger partial charge in [0, 0.05) is 43.8 Å². The van der Waals surface area contributed by atoms with Crippen LogP contribution >= 0.6 is 0 Å². The third-order valence-electron chi connectivity index (χ3n) is 8.61. The first-order chi connectivity index (χ1) is 16.4. The molecule has 5 rings (SSSR count). The van der Waals surface area contributed by atoms with Crippen LogP contribution in [0.2, 0.25) is 0 Å². The second-order valence-corrected chi connectivity index (χ2v) is 11.2. The molecule has 35 heavy (non-hydrogen) atoms. The Morgan fingerprint density at radius 2 is 1.86 bits per heavy atom. The summed E-state index contributed by atoms with van der Waals surface area (Å²) in [7, 11) is 0. The van der Waals surface area contributed by atoms with Crippen molar-refractivity contribution in [3.8, 4) is 0 Å². The van der Waals surface area contributed by atoms with Crippen LogP contribution < -0.4 is 0 Å². The van der Waals surface area contributed by atoms with E-state index in [4.69, 9.17) is 4.74 Å². The molecule has 2 aliphatic carbocycles. The molecule has 0 aromatic heterocycles. The molecule has 4 nitrogen and oxygen atoms in total. The summed E-state index contributed by atoms with van der Waals surface area (Å²) in [5.74, 6) is -2.84. The second-order valence-electron chi connectivity index (χ2n) is 11.2. The van der Waals surface area contributed by atoms with Crippen LogP contribution in [0, 0.1) is 17.8 Å². The molecule has 1 aromatic carbocycles. The lowest BCUT2D eigenvalue weighted by Gasteiger charge is -2.53. The van der Waals surface area contributed by atoms with Crippen molar-refractivity contribution in [2.45, 2.75) is 88.8 Å². The van der Waals surface area contributed by atoms with Crippen molar-refractivity contribution in [1.29, 1.82) is 0 Å². The molecule has 2 saturated heterocycles. The fourth-order valence-electron chi connectivity index (χ4n) is 6.48. The number of piperidine rings is 1. The minimum atomic E-state index is -4.41. The van der Waals surface area contributed by atoms with Crippen molar-refractivity contribution >= 4 is 5.91 Å². The summed E-state index contributed by atoms with van der Waals surface area (Å²) < 4.78 is 73.0. The van der Waals surface area contributed by atoms with Gasteiger partial charge in [0.1, 0.15) is 5.72 Å². The molecule has 0 unspecified atom stereocenters. The molecule has 0 N–H and O–H groups in total. The Labute approximate surface area is 202 Å². The monoisotopic (exact) mass is 500 g/mol. The summed E-state index contributed by atoms with van der Waals surface area (Å²) in [6.07, 6.45) is -1.29. The molecule has 4 fully saturated rings. The molecule has 2 aliphatic heterocycles. The van der Waals surface area contributed by atoms with Crippen molar-refractivity contribution in [2.24, 2.45) is 17.8 Å². The number of carbonyl (C=O) groups excluding carboxylic acids is 1. The minimum absolute atomic E-state index is 0.0149. The maximum absolute atomic E-state index is 13.8. The van der Waals surface area contributed by atoms with Gasteiger partial charge in [0.15, 0.2) is 0 Å². The zero-order valence-electron chi connectivity index (χ0n) is 20.2. The van der Waals surface area contributed by atoms with Crippen LogP contribution in [0.3, 0.4) is 0 Å². The molecule has 5 atom stereocenters. The highest BCUT2D eigenvalue weighted by molar-refractivity contribution is 5.78. The minimum Gasteiger partial charge on any atom is -0.353 e. The van der Waals surface area contributed by atoms with Gasteiger partial charge in [-0.25, -0.2) is 8.78 Å². The summed E-state index contributed by atoms with van der Waals surface area (Å²) in [5, 5.41) is 0. The van der Waals surface area contributed by atoms with Crippen LogP contribution in [-0.4, -0.2) is 52.6 Å². The SMILES string of the molecule is CC(C)[C@H]1CO[C@]23CC[C@H](N(Cc4ccc(C(F)(F)F)cc4)C[C@@H]4CC4(F)F)C[C@H]2CCC(=O)N13. The van der Waals surface area contributed by atoms with Crippen LogP contribution in [-0.2, 0) is 22.3 Å². The van der Waals surface area contributed by atoms with Gasteiger partial charge in [-0.1, -0.05) is 26.0 Å². The Bertz CT molecular complexity index is 950. The van der Waals surface area contributed by atoms with Crippen molar-refractivity contribution < 1.29 is 31.5 Å². The van der Waals surface area contributed by atoms with Gasteiger partial charge in [0.2, 0.25) is 5.91 Å². The number of benzene rings is 1. The number of alkyl halides is 5. The maximum Gasteiger partial charge on any atom is 0.416 e. The number of carbonyl (C=O) groups is 1. The molecule has 2 saturated carbocycles. The van der Waals surface area contributed by atoms with Crippen molar-refractivity contribution in [3.63, 3.8) is 0 Å². The van der Waals surface area contributed by atoms with Crippen LogP contribution in [0.25, 0.3) is 0 Å². The molecule has 1 amide bonds. The summed E-state index contributed by atoms with van der Waals surface area (Å²) in [6, 6.07) is 5.06. The second kappa shape index (κ2) is 8.68. The lowest BCUT2D eigenvalue weighted by molar-refractivity contribution is -0.192. The molecular weight excluding hydrogens is 467 g/mol. The molecular formula is C26H33F5N2O2. The van der Waals surface area contributed by atoms with Crippen LogP contribution in [0.1, 0.15) is 63.5 Å². The molecule has 4 aliphatic rings. The van der Waals surface area contributed by atoms with Crippen LogP contribution in [0.15, 0.2) is 24.3 Å². The number of rotatable bonds is 6. The van der Waals surface area contributed by atoms with Crippen molar-refractivity contribution in [1.82, 2.24) is 9.80 Å². The fraction of sp³-hybridized carbons (Fsp3) is 0.731. The van der Waals surface area contributed by atoms with E-state index in [0.29, 0.717) is 44.4 Å². The molecule has 194 valence electrons. The van der Waals surface area contributed by atoms with Crippen molar-refractivity contribution in [3.05, 3.63) is 35.4 Å². The summed E-state index contributed by atoms with van der Waals surface area (Å²) in [5.41, 5.74) is -0.643. The third-order valence-corrected chi connectivity index (χ3v) is 8.61. The van der Waals surface area contributed by atoms with Gasteiger partial charge in [-0.2, -0.15) is 13.2 Å². The summed E-state index contributed by atoms with van der Waals surface area (Å²) in [6.45, 7) is 5.26. The zero-order valence-corrected chi connectivity index (χ0v) is 20.2. The lowest BCUT2D eigenvalue weighted by Crippen LogP contribution is -2.63. The quantitative estimate of drug-likeness (QED) is 0.470. The Balaban J connectivity index is 1.34. The molecule has 1 aromatic rings. The van der Waals surface area contributed by atoms with Gasteiger partial charge in [-0.05, 0) is 49.3 Å². The van der Waals surface area contributed by atoms with E-state index in [0.717, 1.165) is 18.6 Å². The highest BCUT2D eigenvalue weighted by Crippen LogP contribution is 2.53. The number of nitrogens with zero attached hydrogens (tertiary/aromatic N) is 2. The average Bonchev–Trinajstić information content (AvgIpc) is 3.20. The number of hydrogen-bond acceptors (Lipinski definition) is 3. The van der Waals surface area contributed by atoms with E-state index in [9.17, 15) is 26.7 Å². The van der Waals surface area contributed by atoms with Crippen LogP contribution in [0.5, 0.6) is 0 Å². The lowest BCUT2D eigenvalue weighted by atomic mass is 9.72.